The molecular weight excluding hydrogens is 404 g/mol. The Morgan fingerprint density at radius 2 is 1.91 bits per heavy atom. The summed E-state index contributed by atoms with van der Waals surface area (Å²) in [4.78, 5) is 12.2. The number of carboxylic acid groups (broad SMARTS) is 1. The van der Waals surface area contributed by atoms with Crippen LogP contribution in [-0.4, -0.2) is 29.4 Å². The van der Waals surface area contributed by atoms with E-state index < -0.39 is 23.6 Å². The second-order valence-corrected chi connectivity index (χ2v) is 9.81. The van der Waals surface area contributed by atoms with Gasteiger partial charge in [0.25, 0.3) is 0 Å². The predicted molar refractivity (Wildman–Crippen MR) is 123 cm³/mol. The quantitative estimate of drug-likeness (QED) is 0.620. The highest BCUT2D eigenvalue weighted by molar-refractivity contribution is 5.71. The summed E-state index contributed by atoms with van der Waals surface area (Å²) in [5.74, 6) is 0.513. The molecule has 32 heavy (non-hydrogen) atoms. The first kappa shape index (κ1) is 22.7. The van der Waals surface area contributed by atoms with Gasteiger partial charge in [0, 0.05) is 11.5 Å². The molecule has 0 radical (unpaired) electrons. The molecule has 2 aliphatic rings. The Balaban J connectivity index is 1.59. The van der Waals surface area contributed by atoms with Crippen molar-refractivity contribution in [2.45, 2.75) is 71.2 Å². The number of ether oxygens (including phenoxy) is 3. The average Bonchev–Trinajstić information content (AvgIpc) is 2.76. The monoisotopic (exact) mass is 438 g/mol. The molecule has 0 spiro atoms. The van der Waals surface area contributed by atoms with Gasteiger partial charge in [0.2, 0.25) is 0 Å². The molecule has 2 heterocycles. The normalized spacial score (nSPS) is 26.1. The summed E-state index contributed by atoms with van der Waals surface area (Å²) in [7, 11) is 0. The molecule has 4 atom stereocenters. The molecule has 0 bridgehead atoms. The third-order valence-corrected chi connectivity index (χ3v) is 6.99. The number of fused-ring (bicyclic) bond motifs is 3. The van der Waals surface area contributed by atoms with E-state index in [2.05, 4.69) is 39.0 Å². The van der Waals surface area contributed by atoms with Crippen LogP contribution in [0.1, 0.15) is 69.8 Å². The van der Waals surface area contributed by atoms with Crippen LogP contribution in [0.25, 0.3) is 0 Å². The maximum absolute atomic E-state index is 12.2. The van der Waals surface area contributed by atoms with Crippen LogP contribution in [0.15, 0.2) is 42.5 Å². The predicted octanol–water partition coefficient (Wildman–Crippen LogP) is 5.77. The highest BCUT2D eigenvalue weighted by Crippen LogP contribution is 2.52. The maximum Gasteiger partial charge on any atom is 0.309 e. The first-order chi connectivity index (χ1) is 15.2. The van der Waals surface area contributed by atoms with Gasteiger partial charge in [0.15, 0.2) is 0 Å². The highest BCUT2D eigenvalue weighted by Gasteiger charge is 2.52. The van der Waals surface area contributed by atoms with Crippen molar-refractivity contribution in [1.82, 2.24) is 0 Å². The van der Waals surface area contributed by atoms with Crippen molar-refractivity contribution < 1.29 is 24.1 Å². The van der Waals surface area contributed by atoms with Crippen molar-refractivity contribution in [2.75, 3.05) is 6.61 Å². The molecule has 1 N–H and O–H groups in total. The summed E-state index contributed by atoms with van der Waals surface area (Å²) < 4.78 is 19.0. The lowest BCUT2D eigenvalue weighted by molar-refractivity contribution is -0.192. The Labute approximate surface area is 190 Å². The molecule has 1 fully saturated rings. The Morgan fingerprint density at radius 1 is 1.19 bits per heavy atom. The minimum absolute atomic E-state index is 0.0511. The van der Waals surface area contributed by atoms with Crippen LogP contribution < -0.4 is 9.47 Å². The van der Waals surface area contributed by atoms with E-state index in [1.807, 2.05) is 38.1 Å². The molecule has 4 rings (SSSR count). The van der Waals surface area contributed by atoms with Crippen LogP contribution in [-0.2, 0) is 16.0 Å². The second kappa shape index (κ2) is 8.78. The number of benzene rings is 2. The minimum atomic E-state index is -0.851. The largest absolute Gasteiger partial charge is 0.491 e. The van der Waals surface area contributed by atoms with E-state index in [1.54, 1.807) is 0 Å². The van der Waals surface area contributed by atoms with Gasteiger partial charge in [-0.3, -0.25) is 4.79 Å². The van der Waals surface area contributed by atoms with Gasteiger partial charge in [0.05, 0.1) is 12.0 Å². The molecule has 0 saturated carbocycles. The van der Waals surface area contributed by atoms with Crippen molar-refractivity contribution in [2.24, 2.45) is 11.8 Å². The van der Waals surface area contributed by atoms with Gasteiger partial charge >= 0.3 is 5.97 Å². The first-order valence-electron chi connectivity index (χ1n) is 11.6. The van der Waals surface area contributed by atoms with Crippen molar-refractivity contribution in [3.8, 4) is 11.5 Å². The summed E-state index contributed by atoms with van der Waals surface area (Å²) in [6.45, 7) is 10.7. The molecule has 172 valence electrons. The van der Waals surface area contributed by atoms with E-state index in [1.165, 1.54) is 5.56 Å². The van der Waals surface area contributed by atoms with Gasteiger partial charge in [-0.1, -0.05) is 51.1 Å². The lowest BCUT2D eigenvalue weighted by Crippen LogP contribution is -2.53. The minimum Gasteiger partial charge on any atom is -0.491 e. The SMILES string of the molecule is CCc1cccc2c1OC(C)(C)[C@H]1C[C@H](C(=O)O)[C@H](COc3ccc(C(C)C)cc3)O[C@H]21. The molecule has 5 heteroatoms. The number of aryl methyl sites for hydroxylation is 1. The van der Waals surface area contributed by atoms with Crippen LogP contribution in [0.2, 0.25) is 0 Å². The molecular formula is C27H34O5. The second-order valence-electron chi connectivity index (χ2n) is 9.81. The summed E-state index contributed by atoms with van der Waals surface area (Å²) in [6, 6.07) is 14.1. The summed E-state index contributed by atoms with van der Waals surface area (Å²) >= 11 is 0. The number of carbonyl (C=O) groups is 1. The van der Waals surface area contributed by atoms with Gasteiger partial charge in [-0.2, -0.15) is 0 Å². The number of aliphatic carboxylic acids is 1. The number of para-hydroxylation sites is 1. The molecule has 0 amide bonds. The molecule has 2 aromatic carbocycles. The summed E-state index contributed by atoms with van der Waals surface area (Å²) in [6.07, 6.45) is 0.606. The number of hydrogen-bond donors (Lipinski definition) is 1. The fourth-order valence-corrected chi connectivity index (χ4v) is 4.98. The topological polar surface area (TPSA) is 65.0 Å². The third-order valence-electron chi connectivity index (χ3n) is 6.99. The smallest absolute Gasteiger partial charge is 0.309 e. The molecule has 0 aromatic heterocycles. The average molecular weight is 439 g/mol. The van der Waals surface area contributed by atoms with Crippen LogP contribution in [0.5, 0.6) is 11.5 Å². The summed E-state index contributed by atoms with van der Waals surface area (Å²) in [5.41, 5.74) is 2.89. The zero-order valence-corrected chi connectivity index (χ0v) is 19.6. The van der Waals surface area contributed by atoms with Gasteiger partial charge in [0.1, 0.15) is 29.8 Å². The fraction of sp³-hybridized carbons (Fsp3) is 0.519. The molecule has 0 aliphatic carbocycles. The van der Waals surface area contributed by atoms with Gasteiger partial charge in [-0.15, -0.1) is 0 Å². The van der Waals surface area contributed by atoms with Crippen molar-refractivity contribution >= 4 is 5.97 Å². The van der Waals surface area contributed by atoms with Crippen LogP contribution in [0.3, 0.4) is 0 Å². The number of rotatable bonds is 6. The van der Waals surface area contributed by atoms with E-state index in [4.69, 9.17) is 14.2 Å². The maximum atomic E-state index is 12.2. The Kier molecular flexibility index (Phi) is 6.22. The first-order valence-corrected chi connectivity index (χ1v) is 11.6. The van der Waals surface area contributed by atoms with Crippen molar-refractivity contribution in [1.29, 1.82) is 0 Å². The van der Waals surface area contributed by atoms with Crippen molar-refractivity contribution in [3.63, 3.8) is 0 Å². The van der Waals surface area contributed by atoms with Gasteiger partial charge in [-0.25, -0.2) is 0 Å². The Morgan fingerprint density at radius 3 is 2.53 bits per heavy atom. The molecule has 2 aliphatic heterocycles. The van der Waals surface area contributed by atoms with E-state index >= 15 is 0 Å². The van der Waals surface area contributed by atoms with E-state index in [0.29, 0.717) is 12.3 Å². The van der Waals surface area contributed by atoms with E-state index in [9.17, 15) is 9.90 Å². The summed E-state index contributed by atoms with van der Waals surface area (Å²) in [5, 5.41) is 9.96. The zero-order chi connectivity index (χ0) is 23.0. The fourth-order valence-electron chi connectivity index (χ4n) is 4.98. The molecule has 5 nitrogen and oxygen atoms in total. The molecule has 0 unspecified atom stereocenters. The van der Waals surface area contributed by atoms with Gasteiger partial charge in [-0.05, 0) is 55.9 Å². The van der Waals surface area contributed by atoms with Gasteiger partial charge < -0.3 is 19.3 Å². The molecule has 1 saturated heterocycles. The molecule has 2 aromatic rings. The van der Waals surface area contributed by atoms with Crippen molar-refractivity contribution in [3.05, 3.63) is 59.2 Å². The van der Waals surface area contributed by atoms with Crippen LogP contribution in [0.4, 0.5) is 0 Å². The lowest BCUT2D eigenvalue weighted by Gasteiger charge is -2.50. The number of hydrogen-bond acceptors (Lipinski definition) is 4. The highest BCUT2D eigenvalue weighted by atomic mass is 16.6. The Hall–Kier alpha value is -2.53. The van der Waals surface area contributed by atoms with E-state index in [-0.39, 0.29) is 18.6 Å². The van der Waals surface area contributed by atoms with Crippen LogP contribution in [0, 0.1) is 11.8 Å². The third kappa shape index (κ3) is 4.23. The van der Waals surface area contributed by atoms with Crippen LogP contribution >= 0.6 is 0 Å². The lowest BCUT2D eigenvalue weighted by atomic mass is 9.71. The van der Waals surface area contributed by atoms with E-state index in [0.717, 1.165) is 29.0 Å². The zero-order valence-electron chi connectivity index (χ0n) is 19.6. The Bertz CT molecular complexity index is 963. The number of carboxylic acids is 1. The standard InChI is InChI=1S/C27H34O5/c1-6-17-8-7-9-20-24(17)32-27(4,5)22-14-21(26(28)29)23(31-25(20)22)15-30-19-12-10-18(11-13-19)16(2)3/h7-13,16,21-23,25H,6,14-15H2,1-5H3,(H,28,29)/t21-,22-,23-,25+/m0/s1.